The van der Waals surface area contributed by atoms with Crippen LogP contribution in [-0.2, 0) is 12.1 Å². The first-order valence-corrected chi connectivity index (χ1v) is 5.07. The molecule has 0 atom stereocenters. The van der Waals surface area contributed by atoms with Gasteiger partial charge in [0.25, 0.3) is 0 Å². The van der Waals surface area contributed by atoms with Crippen LogP contribution in [-0.4, -0.2) is 9.38 Å². The molecule has 6 heteroatoms. The summed E-state index contributed by atoms with van der Waals surface area (Å²) in [7, 11) is 0. The summed E-state index contributed by atoms with van der Waals surface area (Å²) in [5.74, 6) is 0.133. The van der Waals surface area contributed by atoms with Gasteiger partial charge in [0.05, 0.1) is 22.8 Å². The Morgan fingerprint density at radius 1 is 1.38 bits per heavy atom. The van der Waals surface area contributed by atoms with Gasteiger partial charge in [0.15, 0.2) is 0 Å². The summed E-state index contributed by atoms with van der Waals surface area (Å²) in [6, 6.07) is 2.35. The normalized spacial score (nSPS) is 12.3. The molecule has 0 aliphatic heterocycles. The number of hydrogen-bond donors (Lipinski definition) is 0. The summed E-state index contributed by atoms with van der Waals surface area (Å²) in [6.07, 6.45) is -3.33. The zero-order valence-electron chi connectivity index (χ0n) is 8.35. The molecule has 0 aromatic carbocycles. The summed E-state index contributed by atoms with van der Waals surface area (Å²) >= 11 is 5.68. The minimum atomic E-state index is -4.35. The SMILES string of the molecule is Cc1nc2ccc(C(F)(F)F)cn2c1CCl. The lowest BCUT2D eigenvalue weighted by Crippen LogP contribution is -2.06. The molecule has 2 aromatic rings. The first-order chi connectivity index (χ1) is 7.43. The van der Waals surface area contributed by atoms with Crippen molar-refractivity contribution < 1.29 is 13.2 Å². The van der Waals surface area contributed by atoms with Crippen LogP contribution >= 0.6 is 11.6 Å². The summed E-state index contributed by atoms with van der Waals surface area (Å²) in [4.78, 5) is 4.12. The van der Waals surface area contributed by atoms with Gasteiger partial charge in [-0.3, -0.25) is 0 Å². The third-order valence-electron chi connectivity index (χ3n) is 2.37. The Morgan fingerprint density at radius 2 is 2.06 bits per heavy atom. The predicted molar refractivity (Wildman–Crippen MR) is 54.5 cm³/mol. The molecule has 86 valence electrons. The number of nitrogens with zero attached hydrogens (tertiary/aromatic N) is 2. The van der Waals surface area contributed by atoms with Crippen molar-refractivity contribution in [1.29, 1.82) is 0 Å². The zero-order valence-corrected chi connectivity index (χ0v) is 9.10. The van der Waals surface area contributed by atoms with E-state index in [0.29, 0.717) is 17.0 Å². The van der Waals surface area contributed by atoms with Crippen LogP contribution in [0.5, 0.6) is 0 Å². The van der Waals surface area contributed by atoms with E-state index in [1.54, 1.807) is 6.92 Å². The van der Waals surface area contributed by atoms with Crippen molar-refractivity contribution >= 4 is 17.2 Å². The van der Waals surface area contributed by atoms with Gasteiger partial charge in [-0.05, 0) is 19.1 Å². The summed E-state index contributed by atoms with van der Waals surface area (Å²) < 4.78 is 38.9. The van der Waals surface area contributed by atoms with E-state index in [0.717, 1.165) is 12.3 Å². The number of aromatic nitrogens is 2. The van der Waals surface area contributed by atoms with Gasteiger partial charge >= 0.3 is 6.18 Å². The average Bonchev–Trinajstić information content (AvgIpc) is 2.50. The number of hydrogen-bond acceptors (Lipinski definition) is 1. The van der Waals surface area contributed by atoms with Crippen LogP contribution in [0, 0.1) is 6.92 Å². The molecular formula is C10H8ClF3N2. The molecule has 0 bridgehead atoms. The highest BCUT2D eigenvalue weighted by atomic mass is 35.5. The van der Waals surface area contributed by atoms with Crippen LogP contribution in [0.4, 0.5) is 13.2 Å². The molecule has 0 radical (unpaired) electrons. The molecule has 0 spiro atoms. The van der Waals surface area contributed by atoms with Crippen LogP contribution in [0.1, 0.15) is 17.0 Å². The average molecular weight is 249 g/mol. The highest BCUT2D eigenvalue weighted by Crippen LogP contribution is 2.29. The molecule has 2 nitrogen and oxygen atoms in total. The fourth-order valence-electron chi connectivity index (χ4n) is 1.54. The molecular weight excluding hydrogens is 241 g/mol. The molecule has 0 saturated carbocycles. The van der Waals surface area contributed by atoms with Crippen molar-refractivity contribution in [3.05, 3.63) is 35.3 Å². The van der Waals surface area contributed by atoms with Gasteiger partial charge in [0.2, 0.25) is 0 Å². The van der Waals surface area contributed by atoms with E-state index in [1.807, 2.05) is 0 Å². The fourth-order valence-corrected chi connectivity index (χ4v) is 1.86. The lowest BCUT2D eigenvalue weighted by molar-refractivity contribution is -0.137. The lowest BCUT2D eigenvalue weighted by Gasteiger charge is -2.07. The molecule has 2 aromatic heterocycles. The van der Waals surface area contributed by atoms with E-state index >= 15 is 0 Å². The molecule has 0 aliphatic rings. The first-order valence-electron chi connectivity index (χ1n) is 4.54. The van der Waals surface area contributed by atoms with E-state index in [9.17, 15) is 13.2 Å². The Morgan fingerprint density at radius 3 is 2.62 bits per heavy atom. The highest BCUT2D eigenvalue weighted by molar-refractivity contribution is 6.17. The second-order valence-electron chi connectivity index (χ2n) is 3.42. The zero-order chi connectivity index (χ0) is 11.9. The third-order valence-corrected chi connectivity index (χ3v) is 2.62. The number of imidazole rings is 1. The van der Waals surface area contributed by atoms with Crippen LogP contribution < -0.4 is 0 Å². The maximum atomic E-state index is 12.5. The summed E-state index contributed by atoms with van der Waals surface area (Å²) in [5.41, 5.74) is 1.00. The summed E-state index contributed by atoms with van der Waals surface area (Å²) in [6.45, 7) is 1.72. The number of alkyl halides is 4. The monoisotopic (exact) mass is 248 g/mol. The van der Waals surface area contributed by atoms with E-state index in [4.69, 9.17) is 11.6 Å². The van der Waals surface area contributed by atoms with Crippen molar-refractivity contribution in [2.75, 3.05) is 0 Å². The molecule has 0 saturated heterocycles. The largest absolute Gasteiger partial charge is 0.417 e. The molecule has 0 N–H and O–H groups in total. The molecule has 0 amide bonds. The van der Waals surface area contributed by atoms with E-state index < -0.39 is 11.7 Å². The number of pyridine rings is 1. The topological polar surface area (TPSA) is 17.3 Å². The molecule has 0 aliphatic carbocycles. The second-order valence-corrected chi connectivity index (χ2v) is 3.69. The van der Waals surface area contributed by atoms with E-state index in [-0.39, 0.29) is 5.88 Å². The Balaban J connectivity index is 2.69. The predicted octanol–water partition coefficient (Wildman–Crippen LogP) is 3.40. The minimum Gasteiger partial charge on any atom is -0.302 e. The number of fused-ring (bicyclic) bond motifs is 1. The molecule has 16 heavy (non-hydrogen) atoms. The van der Waals surface area contributed by atoms with Crippen molar-refractivity contribution in [3.8, 4) is 0 Å². The lowest BCUT2D eigenvalue weighted by atomic mass is 10.3. The van der Waals surface area contributed by atoms with Crippen molar-refractivity contribution in [3.63, 3.8) is 0 Å². The minimum absolute atomic E-state index is 0.133. The molecule has 2 rings (SSSR count). The van der Waals surface area contributed by atoms with Crippen molar-refractivity contribution in [1.82, 2.24) is 9.38 Å². The van der Waals surface area contributed by atoms with Gasteiger partial charge in [0.1, 0.15) is 5.65 Å². The Hall–Kier alpha value is -1.23. The van der Waals surface area contributed by atoms with Crippen LogP contribution in [0.25, 0.3) is 5.65 Å². The number of rotatable bonds is 1. The first kappa shape index (κ1) is 11.3. The van der Waals surface area contributed by atoms with Crippen LogP contribution in [0.3, 0.4) is 0 Å². The molecule has 0 unspecified atom stereocenters. The van der Waals surface area contributed by atoms with Gasteiger partial charge in [-0.1, -0.05) is 0 Å². The van der Waals surface area contributed by atoms with Crippen molar-refractivity contribution in [2.45, 2.75) is 19.0 Å². The van der Waals surface area contributed by atoms with Crippen molar-refractivity contribution in [2.24, 2.45) is 0 Å². The molecule has 0 fully saturated rings. The number of halogens is 4. The fraction of sp³-hybridized carbons (Fsp3) is 0.300. The van der Waals surface area contributed by atoms with Gasteiger partial charge in [-0.25, -0.2) is 4.98 Å². The maximum Gasteiger partial charge on any atom is 0.417 e. The van der Waals surface area contributed by atoms with Gasteiger partial charge < -0.3 is 4.40 Å². The maximum absolute atomic E-state index is 12.5. The van der Waals surface area contributed by atoms with E-state index in [2.05, 4.69) is 4.98 Å². The van der Waals surface area contributed by atoms with Crippen LogP contribution in [0.2, 0.25) is 0 Å². The Bertz CT molecular complexity index is 531. The van der Waals surface area contributed by atoms with Gasteiger partial charge in [0, 0.05) is 6.20 Å². The second kappa shape index (κ2) is 3.66. The van der Waals surface area contributed by atoms with Gasteiger partial charge in [-0.2, -0.15) is 13.2 Å². The van der Waals surface area contributed by atoms with Gasteiger partial charge in [-0.15, -0.1) is 11.6 Å². The Labute approximate surface area is 94.7 Å². The quantitative estimate of drug-likeness (QED) is 0.707. The third kappa shape index (κ3) is 1.75. The number of aryl methyl sites for hydroxylation is 1. The standard InChI is InChI=1S/C10H8ClF3N2/c1-6-8(4-11)16-5-7(10(12,13)14)2-3-9(16)15-6/h2-3,5H,4H2,1H3. The Kier molecular flexibility index (Phi) is 2.58. The smallest absolute Gasteiger partial charge is 0.302 e. The summed E-state index contributed by atoms with van der Waals surface area (Å²) in [5, 5.41) is 0. The molecule has 2 heterocycles. The van der Waals surface area contributed by atoms with E-state index in [1.165, 1.54) is 10.5 Å². The van der Waals surface area contributed by atoms with Crippen LogP contribution in [0.15, 0.2) is 18.3 Å². The highest BCUT2D eigenvalue weighted by Gasteiger charge is 2.31.